The van der Waals surface area contributed by atoms with Gasteiger partial charge in [-0.05, 0) is 26.8 Å². The smallest absolute Gasteiger partial charge is 0.262 e. The van der Waals surface area contributed by atoms with Crippen molar-refractivity contribution in [1.82, 2.24) is 14.5 Å². The Labute approximate surface area is 116 Å². The summed E-state index contributed by atoms with van der Waals surface area (Å²) in [6.45, 7) is 7.33. The van der Waals surface area contributed by atoms with E-state index in [-0.39, 0.29) is 22.6 Å². The predicted molar refractivity (Wildman–Crippen MR) is 78.2 cm³/mol. The first-order valence-electron chi connectivity index (χ1n) is 6.35. The van der Waals surface area contributed by atoms with Gasteiger partial charge in [0.15, 0.2) is 5.78 Å². The SMILES string of the molecule is CC(=O)c1nccc2c(=O)n(C)c(NC(C)(C)C)nc12. The van der Waals surface area contributed by atoms with Gasteiger partial charge in [-0.2, -0.15) is 0 Å². The van der Waals surface area contributed by atoms with Gasteiger partial charge in [0.2, 0.25) is 5.95 Å². The molecule has 0 aliphatic carbocycles. The van der Waals surface area contributed by atoms with Crippen molar-refractivity contribution in [2.45, 2.75) is 33.2 Å². The summed E-state index contributed by atoms with van der Waals surface area (Å²) in [5, 5.41) is 3.56. The van der Waals surface area contributed by atoms with E-state index in [1.165, 1.54) is 17.7 Å². The first-order valence-corrected chi connectivity index (χ1v) is 6.35. The highest BCUT2D eigenvalue weighted by Crippen LogP contribution is 2.16. The van der Waals surface area contributed by atoms with E-state index in [1.54, 1.807) is 13.1 Å². The van der Waals surface area contributed by atoms with E-state index in [0.717, 1.165) is 0 Å². The van der Waals surface area contributed by atoms with Crippen LogP contribution in [0.15, 0.2) is 17.1 Å². The molecule has 0 radical (unpaired) electrons. The molecule has 2 rings (SSSR count). The summed E-state index contributed by atoms with van der Waals surface area (Å²) in [6.07, 6.45) is 1.46. The molecule has 2 heterocycles. The third-order valence-electron chi connectivity index (χ3n) is 2.81. The Bertz CT molecular complexity index is 741. The number of ketones is 1. The van der Waals surface area contributed by atoms with Crippen molar-refractivity contribution in [2.24, 2.45) is 7.05 Å². The van der Waals surface area contributed by atoms with Gasteiger partial charge in [0.1, 0.15) is 11.2 Å². The maximum atomic E-state index is 12.4. The standard InChI is InChI=1S/C14H18N4O2/c1-8(19)10-11-9(6-7-15-10)12(20)18(5)13(16-11)17-14(2,3)4/h6-7H,1-5H3,(H,16,17). The Morgan fingerprint density at radius 3 is 2.55 bits per heavy atom. The van der Waals surface area contributed by atoms with Crippen LogP contribution in [0.1, 0.15) is 38.2 Å². The van der Waals surface area contributed by atoms with Crippen LogP contribution in [0, 0.1) is 0 Å². The second kappa shape index (κ2) is 4.70. The third kappa shape index (κ3) is 2.54. The molecule has 6 nitrogen and oxygen atoms in total. The van der Waals surface area contributed by atoms with Crippen LogP contribution in [0.4, 0.5) is 5.95 Å². The highest BCUT2D eigenvalue weighted by molar-refractivity contribution is 6.03. The van der Waals surface area contributed by atoms with Gasteiger partial charge in [0.25, 0.3) is 5.56 Å². The zero-order chi connectivity index (χ0) is 15.1. The van der Waals surface area contributed by atoms with Crippen molar-refractivity contribution in [2.75, 3.05) is 5.32 Å². The van der Waals surface area contributed by atoms with Gasteiger partial charge >= 0.3 is 0 Å². The zero-order valence-electron chi connectivity index (χ0n) is 12.3. The fourth-order valence-electron chi connectivity index (χ4n) is 1.90. The van der Waals surface area contributed by atoms with Crippen LogP contribution in [0.5, 0.6) is 0 Å². The minimum absolute atomic E-state index is 0.202. The monoisotopic (exact) mass is 274 g/mol. The van der Waals surface area contributed by atoms with Crippen molar-refractivity contribution in [3.63, 3.8) is 0 Å². The Morgan fingerprint density at radius 1 is 1.35 bits per heavy atom. The molecule has 1 N–H and O–H groups in total. The number of carbonyl (C=O) groups excluding carboxylic acids is 1. The number of hydrogen-bond donors (Lipinski definition) is 1. The molecule has 0 aliphatic rings. The number of nitrogens with one attached hydrogen (secondary N) is 1. The van der Waals surface area contributed by atoms with Crippen molar-refractivity contribution in [3.05, 3.63) is 28.3 Å². The van der Waals surface area contributed by atoms with Gasteiger partial charge in [0.05, 0.1) is 5.39 Å². The van der Waals surface area contributed by atoms with E-state index < -0.39 is 0 Å². The van der Waals surface area contributed by atoms with E-state index in [9.17, 15) is 9.59 Å². The molecule has 0 unspecified atom stereocenters. The lowest BCUT2D eigenvalue weighted by molar-refractivity contribution is 0.101. The summed E-state index contributed by atoms with van der Waals surface area (Å²) < 4.78 is 1.44. The van der Waals surface area contributed by atoms with Crippen LogP contribution >= 0.6 is 0 Å². The van der Waals surface area contributed by atoms with Gasteiger partial charge in [0, 0.05) is 25.7 Å². The second-order valence-electron chi connectivity index (χ2n) is 5.79. The maximum absolute atomic E-state index is 12.4. The molecule has 0 fully saturated rings. The number of rotatable bonds is 2. The molecule has 2 aromatic heterocycles. The van der Waals surface area contributed by atoms with Crippen LogP contribution < -0.4 is 10.9 Å². The summed E-state index contributed by atoms with van der Waals surface area (Å²) in [7, 11) is 1.65. The second-order valence-corrected chi connectivity index (χ2v) is 5.79. The minimum Gasteiger partial charge on any atom is -0.351 e. The molecule has 0 atom stereocenters. The summed E-state index contributed by atoms with van der Waals surface area (Å²) in [5.41, 5.74) is 0.113. The number of hydrogen-bond acceptors (Lipinski definition) is 5. The number of nitrogens with zero attached hydrogens (tertiary/aromatic N) is 3. The molecule has 0 aliphatic heterocycles. The van der Waals surface area contributed by atoms with Crippen LogP contribution in [-0.4, -0.2) is 25.9 Å². The largest absolute Gasteiger partial charge is 0.351 e. The number of anilines is 1. The molecule has 20 heavy (non-hydrogen) atoms. The lowest BCUT2D eigenvalue weighted by Gasteiger charge is -2.23. The Kier molecular flexibility index (Phi) is 3.33. The number of pyridine rings is 1. The number of carbonyl (C=O) groups is 1. The Balaban J connectivity index is 2.80. The number of fused-ring (bicyclic) bond motifs is 1. The van der Waals surface area contributed by atoms with E-state index in [4.69, 9.17) is 0 Å². The third-order valence-corrected chi connectivity index (χ3v) is 2.81. The van der Waals surface area contributed by atoms with Crippen LogP contribution in [0.2, 0.25) is 0 Å². The first-order chi connectivity index (χ1) is 9.20. The summed E-state index contributed by atoms with van der Waals surface area (Å²) >= 11 is 0. The highest BCUT2D eigenvalue weighted by atomic mass is 16.1. The van der Waals surface area contributed by atoms with Crippen LogP contribution in [0.25, 0.3) is 10.9 Å². The Hall–Kier alpha value is -2.24. The molecule has 6 heteroatoms. The van der Waals surface area contributed by atoms with Gasteiger partial charge in [-0.15, -0.1) is 0 Å². The molecule has 0 amide bonds. The number of aromatic nitrogens is 3. The molecule has 0 aromatic carbocycles. The summed E-state index contributed by atoms with van der Waals surface area (Å²) in [5.74, 6) is 0.212. The van der Waals surface area contributed by atoms with Crippen LogP contribution in [0.3, 0.4) is 0 Å². The average molecular weight is 274 g/mol. The van der Waals surface area contributed by atoms with E-state index in [2.05, 4.69) is 15.3 Å². The molecule has 2 aromatic rings. The minimum atomic E-state index is -0.247. The Morgan fingerprint density at radius 2 is 2.00 bits per heavy atom. The molecule has 0 bridgehead atoms. The normalized spacial score (nSPS) is 11.7. The van der Waals surface area contributed by atoms with E-state index in [0.29, 0.717) is 16.9 Å². The molecule has 0 saturated heterocycles. The van der Waals surface area contributed by atoms with Crippen molar-refractivity contribution >= 4 is 22.6 Å². The lowest BCUT2D eigenvalue weighted by Crippen LogP contribution is -2.32. The van der Waals surface area contributed by atoms with E-state index >= 15 is 0 Å². The molecule has 0 spiro atoms. The van der Waals surface area contributed by atoms with Crippen molar-refractivity contribution < 1.29 is 4.79 Å². The molecular weight excluding hydrogens is 256 g/mol. The maximum Gasteiger partial charge on any atom is 0.262 e. The van der Waals surface area contributed by atoms with E-state index in [1.807, 2.05) is 20.8 Å². The van der Waals surface area contributed by atoms with Gasteiger partial charge in [-0.25, -0.2) is 4.98 Å². The average Bonchev–Trinajstić information content (AvgIpc) is 2.33. The van der Waals surface area contributed by atoms with Gasteiger partial charge in [-0.1, -0.05) is 0 Å². The molecular formula is C14H18N4O2. The summed E-state index contributed by atoms with van der Waals surface area (Å²) in [4.78, 5) is 32.4. The lowest BCUT2D eigenvalue weighted by atomic mass is 10.1. The van der Waals surface area contributed by atoms with Crippen molar-refractivity contribution in [3.8, 4) is 0 Å². The fraction of sp³-hybridized carbons (Fsp3) is 0.429. The van der Waals surface area contributed by atoms with Gasteiger partial charge < -0.3 is 5.32 Å². The van der Waals surface area contributed by atoms with Crippen molar-refractivity contribution in [1.29, 1.82) is 0 Å². The van der Waals surface area contributed by atoms with Crippen LogP contribution in [-0.2, 0) is 7.05 Å². The first kappa shape index (κ1) is 14.2. The quantitative estimate of drug-likeness (QED) is 0.844. The molecule has 0 saturated carbocycles. The topological polar surface area (TPSA) is 76.9 Å². The molecule has 106 valence electrons. The zero-order valence-corrected chi connectivity index (χ0v) is 12.3. The number of Topliss-reactive ketones (excluding diaryl/α,β-unsaturated/α-hetero) is 1. The predicted octanol–water partition coefficient (Wildman–Crippen LogP) is 1.74. The van der Waals surface area contributed by atoms with Gasteiger partial charge in [-0.3, -0.25) is 19.1 Å². The highest BCUT2D eigenvalue weighted by Gasteiger charge is 2.17. The fourth-order valence-corrected chi connectivity index (χ4v) is 1.90. The summed E-state index contributed by atoms with van der Waals surface area (Å²) in [6, 6.07) is 1.58.